The highest BCUT2D eigenvalue weighted by Gasteiger charge is 2.41. The molecule has 2 fully saturated rings. The van der Waals surface area contributed by atoms with E-state index in [9.17, 15) is 22.0 Å². The van der Waals surface area contributed by atoms with Crippen LogP contribution < -0.4 is 10.6 Å². The summed E-state index contributed by atoms with van der Waals surface area (Å²) >= 11 is 1.61. The number of aromatic nitrogens is 4. The Hall–Kier alpha value is -1.86. The number of pyridine rings is 1. The molecule has 4 rings (SSSR count). The highest BCUT2D eigenvalue weighted by Crippen LogP contribution is 2.38. The lowest BCUT2D eigenvalue weighted by atomic mass is 10.2. The molecule has 0 radical (unpaired) electrons. The Kier molecular flexibility index (Phi) is 6.18. The number of nitrogens with zero attached hydrogens (tertiary/aromatic N) is 4. The van der Waals surface area contributed by atoms with Gasteiger partial charge in [-0.2, -0.15) is 15.0 Å². The summed E-state index contributed by atoms with van der Waals surface area (Å²) in [5, 5.41) is 5.80. The third-order valence-electron chi connectivity index (χ3n) is 5.54. The van der Waals surface area contributed by atoms with Crippen molar-refractivity contribution in [1.82, 2.24) is 19.9 Å². The van der Waals surface area contributed by atoms with Crippen molar-refractivity contribution in [3.05, 3.63) is 23.9 Å². The molecule has 32 heavy (non-hydrogen) atoms. The Morgan fingerprint density at radius 3 is 1.88 bits per heavy atom. The molecule has 0 amide bonds. The maximum Gasteiger partial charge on any atom is 0.250 e. The predicted molar refractivity (Wildman–Crippen MR) is 118 cm³/mol. The predicted octanol–water partition coefficient (Wildman–Crippen LogP) is 5.71. The van der Waals surface area contributed by atoms with Crippen LogP contribution in [0.25, 0.3) is 11.5 Å². The van der Waals surface area contributed by atoms with Gasteiger partial charge in [-0.3, -0.25) is 0 Å². The maximum absolute atomic E-state index is 14.4. The van der Waals surface area contributed by atoms with Gasteiger partial charge in [0.05, 0.1) is 5.69 Å². The van der Waals surface area contributed by atoms with Crippen molar-refractivity contribution in [3.8, 4) is 11.5 Å². The molecule has 2 N–H and O–H groups in total. The van der Waals surface area contributed by atoms with E-state index in [1.54, 1.807) is 34.7 Å². The zero-order valence-electron chi connectivity index (χ0n) is 17.2. The molecule has 2 aliphatic rings. The van der Waals surface area contributed by atoms with Crippen molar-refractivity contribution in [2.24, 2.45) is 0 Å². The van der Waals surface area contributed by atoms with Gasteiger partial charge in [-0.25, -0.2) is 26.9 Å². The van der Waals surface area contributed by atoms with Gasteiger partial charge in [-0.15, -0.1) is 0 Å². The Labute approximate surface area is 195 Å². The van der Waals surface area contributed by atoms with Gasteiger partial charge in [-0.1, -0.05) is 6.07 Å². The van der Waals surface area contributed by atoms with Crippen LogP contribution in [0.2, 0.25) is 0 Å². The first kappa shape index (κ1) is 23.3. The zero-order chi connectivity index (χ0) is 23.1. The first-order valence-electron chi connectivity index (χ1n) is 10.3. The Bertz CT molecular complexity index is 937. The van der Waals surface area contributed by atoms with Gasteiger partial charge < -0.3 is 10.6 Å². The molecule has 2 aromatic heterocycles. The monoisotopic (exact) mass is 568 g/mol. The van der Waals surface area contributed by atoms with Crippen LogP contribution in [0.15, 0.2) is 18.2 Å². The number of alkyl halides is 6. The summed E-state index contributed by atoms with van der Waals surface area (Å²) in [5.74, 6) is -5.36. The molecule has 0 aromatic carbocycles. The van der Waals surface area contributed by atoms with Gasteiger partial charge in [0.2, 0.25) is 23.7 Å². The summed E-state index contributed by atoms with van der Waals surface area (Å²) in [5.41, 5.74) is 0.413. The van der Waals surface area contributed by atoms with Crippen molar-refractivity contribution >= 4 is 34.5 Å². The normalized spacial score (nSPS) is 26.0. The molecule has 174 valence electrons. The highest BCUT2D eigenvalue weighted by atomic mass is 127. The van der Waals surface area contributed by atoms with E-state index in [4.69, 9.17) is 0 Å². The number of anilines is 2. The Balaban J connectivity index is 1.64. The Morgan fingerprint density at radius 2 is 1.44 bits per heavy atom. The van der Waals surface area contributed by atoms with Crippen LogP contribution in [0.5, 0.6) is 0 Å². The molecule has 2 aromatic rings. The molecule has 0 saturated heterocycles. The third kappa shape index (κ3) is 5.73. The Morgan fingerprint density at radius 1 is 0.906 bits per heavy atom. The second-order valence-corrected chi connectivity index (χ2v) is 10.5. The third-order valence-corrected chi connectivity index (χ3v) is 6.09. The van der Waals surface area contributed by atoms with E-state index in [1.165, 1.54) is 13.0 Å². The quantitative estimate of drug-likeness (QED) is 0.264. The van der Waals surface area contributed by atoms with Gasteiger partial charge in [0, 0.05) is 37.8 Å². The number of nitrogens with one attached hydrogen (secondary N) is 2. The first-order valence-corrected chi connectivity index (χ1v) is 11.4. The number of hydrogen-bond acceptors (Lipinski definition) is 6. The lowest BCUT2D eigenvalue weighted by Crippen LogP contribution is -2.23. The van der Waals surface area contributed by atoms with E-state index in [-0.39, 0.29) is 67.6 Å². The molecule has 0 spiro atoms. The SMILES string of the molecule is CC(F)(I)c1cccc(-c2nc(NC3CCC(F)(F)C3)nc(NC3CCC(F)(F)C3)n2)n1. The molecule has 2 saturated carbocycles. The lowest BCUT2D eigenvalue weighted by Gasteiger charge is -2.17. The first-order chi connectivity index (χ1) is 14.9. The summed E-state index contributed by atoms with van der Waals surface area (Å²) in [4.78, 5) is 17.1. The van der Waals surface area contributed by atoms with E-state index in [1.807, 2.05) is 0 Å². The summed E-state index contributed by atoms with van der Waals surface area (Å²) < 4.78 is 67.0. The summed E-state index contributed by atoms with van der Waals surface area (Å²) in [7, 11) is 0. The van der Waals surface area contributed by atoms with Crippen LogP contribution in [0.3, 0.4) is 0 Å². The van der Waals surface area contributed by atoms with E-state index in [0.29, 0.717) is 0 Å². The van der Waals surface area contributed by atoms with Crippen molar-refractivity contribution in [1.29, 1.82) is 0 Å². The van der Waals surface area contributed by atoms with Gasteiger partial charge in [0.25, 0.3) is 0 Å². The van der Waals surface area contributed by atoms with E-state index >= 15 is 0 Å². The summed E-state index contributed by atoms with van der Waals surface area (Å²) in [6, 6.07) is 3.64. The van der Waals surface area contributed by atoms with Gasteiger partial charge in [0.1, 0.15) is 5.69 Å². The molecule has 2 heterocycles. The average molecular weight is 568 g/mol. The van der Waals surface area contributed by atoms with Gasteiger partial charge in [-0.05, 0) is 54.5 Å². The lowest BCUT2D eigenvalue weighted by molar-refractivity contribution is 0.00781. The van der Waals surface area contributed by atoms with E-state index in [2.05, 4.69) is 30.6 Å². The smallest absolute Gasteiger partial charge is 0.250 e. The average Bonchev–Trinajstić information content (AvgIpc) is 3.21. The molecule has 0 bridgehead atoms. The highest BCUT2D eigenvalue weighted by molar-refractivity contribution is 14.1. The van der Waals surface area contributed by atoms with Crippen LogP contribution in [-0.4, -0.2) is 43.9 Å². The standard InChI is InChI=1S/C20H22F5IN6/c1-18(21,26)14-4-2-3-13(29-14)15-30-16(27-11-5-7-19(22,23)9-11)32-17(31-15)28-12-6-8-20(24,25)10-12/h2-4,11-12H,5-10H2,1H3,(H2,27,28,30,31,32). The number of hydrogen-bond donors (Lipinski definition) is 2. The van der Waals surface area contributed by atoms with Crippen LogP contribution in [0.4, 0.5) is 33.8 Å². The minimum absolute atomic E-state index is 0.0367. The summed E-state index contributed by atoms with van der Waals surface area (Å²) in [6.45, 7) is 1.35. The van der Waals surface area contributed by atoms with E-state index < -0.39 is 27.6 Å². The van der Waals surface area contributed by atoms with Crippen LogP contribution in [0, 0.1) is 0 Å². The van der Waals surface area contributed by atoms with Crippen molar-refractivity contribution in [2.75, 3.05) is 10.6 Å². The number of halogens is 6. The fourth-order valence-electron chi connectivity index (χ4n) is 3.93. The number of rotatable bonds is 6. The fraction of sp³-hybridized carbons (Fsp3) is 0.600. The zero-order valence-corrected chi connectivity index (χ0v) is 19.3. The molecule has 2 aliphatic carbocycles. The van der Waals surface area contributed by atoms with Crippen molar-refractivity contribution in [3.63, 3.8) is 0 Å². The summed E-state index contributed by atoms with van der Waals surface area (Å²) in [6.07, 6.45) is -0.690. The van der Waals surface area contributed by atoms with Crippen molar-refractivity contribution in [2.45, 2.75) is 73.1 Å². The van der Waals surface area contributed by atoms with E-state index in [0.717, 1.165) is 0 Å². The minimum Gasteiger partial charge on any atom is -0.351 e. The largest absolute Gasteiger partial charge is 0.351 e. The van der Waals surface area contributed by atoms with Crippen LogP contribution >= 0.6 is 22.6 Å². The molecular formula is C20H22F5IN6. The maximum atomic E-state index is 14.4. The minimum atomic E-state index is -2.76. The van der Waals surface area contributed by atoms with Gasteiger partial charge >= 0.3 is 0 Å². The fourth-order valence-corrected chi connectivity index (χ4v) is 4.24. The van der Waals surface area contributed by atoms with Crippen LogP contribution in [0.1, 0.15) is 51.1 Å². The molecule has 0 aliphatic heterocycles. The second kappa shape index (κ2) is 8.49. The molecule has 3 unspecified atom stereocenters. The molecule has 6 nitrogen and oxygen atoms in total. The second-order valence-electron chi connectivity index (χ2n) is 8.48. The van der Waals surface area contributed by atoms with Crippen molar-refractivity contribution < 1.29 is 22.0 Å². The molecule has 3 atom stereocenters. The molecule has 12 heteroatoms. The molecular weight excluding hydrogens is 546 g/mol. The van der Waals surface area contributed by atoms with Crippen LogP contribution in [-0.2, 0) is 3.68 Å². The topological polar surface area (TPSA) is 75.6 Å². The van der Waals surface area contributed by atoms with Gasteiger partial charge in [0.15, 0.2) is 9.50 Å².